The van der Waals surface area contributed by atoms with Crippen LogP contribution in [0.3, 0.4) is 0 Å². The molecule has 0 aromatic heterocycles. The molecule has 1 heterocycles. The highest BCUT2D eigenvalue weighted by Gasteiger charge is 2.56. The molecule has 1 aliphatic rings. The van der Waals surface area contributed by atoms with Crippen molar-refractivity contribution >= 4 is 23.3 Å². The fourth-order valence-corrected chi connectivity index (χ4v) is 34.0. The lowest BCUT2D eigenvalue weighted by Gasteiger charge is -2.53. The van der Waals surface area contributed by atoms with Gasteiger partial charge in [-0.05, 0) is 19.9 Å². The summed E-state index contributed by atoms with van der Waals surface area (Å²) in [7, 11) is -3.83. The molecular weight excluding hydrogens is 232 g/mol. The van der Waals surface area contributed by atoms with Gasteiger partial charge in [0.15, 0.2) is 8.56 Å². The zero-order valence-electron chi connectivity index (χ0n) is 10.8. The second-order valence-corrected chi connectivity index (χ2v) is 27.9. The molecular formula is C11H24OSi3. The topological polar surface area (TPSA) is 9.23 Å². The first-order valence-electron chi connectivity index (χ1n) is 5.66. The summed E-state index contributed by atoms with van der Waals surface area (Å²) in [5.74, 6) is 0. The van der Waals surface area contributed by atoms with E-state index in [4.69, 9.17) is 4.43 Å². The summed E-state index contributed by atoms with van der Waals surface area (Å²) < 4.78 is 6.30. The molecule has 0 saturated carbocycles. The molecule has 1 rings (SSSR count). The van der Waals surface area contributed by atoms with E-state index in [0.717, 1.165) is 0 Å². The van der Waals surface area contributed by atoms with Crippen LogP contribution in [0.15, 0.2) is 24.6 Å². The number of rotatable bonds is 2. The van der Waals surface area contributed by atoms with E-state index in [-0.39, 0.29) is 5.60 Å². The summed E-state index contributed by atoms with van der Waals surface area (Å²) in [6, 6.07) is 1.25. The fraction of sp³-hybridized carbons (Fsp3) is 0.636. The number of hydrogen-bond donors (Lipinski definition) is 0. The molecule has 1 unspecified atom stereocenters. The highest BCUT2D eigenvalue weighted by Crippen LogP contribution is 2.39. The van der Waals surface area contributed by atoms with Gasteiger partial charge in [0.05, 0.1) is 7.59 Å². The smallest absolute Gasteiger partial charge is 0.169 e. The fourth-order valence-electron chi connectivity index (χ4n) is 3.35. The average molecular weight is 257 g/mol. The predicted molar refractivity (Wildman–Crippen MR) is 76.6 cm³/mol. The van der Waals surface area contributed by atoms with Gasteiger partial charge in [-0.3, -0.25) is 0 Å². The zero-order valence-corrected chi connectivity index (χ0v) is 13.9. The molecule has 0 aromatic carbocycles. The van der Waals surface area contributed by atoms with Gasteiger partial charge < -0.3 is 4.43 Å². The van der Waals surface area contributed by atoms with Gasteiger partial charge in [-0.25, -0.2) is 0 Å². The lowest BCUT2D eigenvalue weighted by molar-refractivity contribution is 0.131. The van der Waals surface area contributed by atoms with Crippen molar-refractivity contribution in [3.8, 4) is 0 Å². The lowest BCUT2D eigenvalue weighted by atomic mass is 10.2. The van der Waals surface area contributed by atoms with E-state index in [1.165, 1.54) is 6.04 Å². The Morgan fingerprint density at radius 3 is 2.07 bits per heavy atom. The van der Waals surface area contributed by atoms with Crippen LogP contribution in [0.4, 0.5) is 0 Å². The van der Waals surface area contributed by atoms with E-state index in [1.807, 2.05) is 0 Å². The highest BCUT2D eigenvalue weighted by atomic mass is 29.6. The Hall–Kier alpha value is 0.0906. The third-order valence-electron chi connectivity index (χ3n) is 3.88. The van der Waals surface area contributed by atoms with Crippen molar-refractivity contribution in [2.45, 2.75) is 45.1 Å². The minimum absolute atomic E-state index is 0.101. The molecule has 1 fully saturated rings. The summed E-state index contributed by atoms with van der Waals surface area (Å²) in [4.78, 5) is 0. The van der Waals surface area contributed by atoms with E-state index in [9.17, 15) is 0 Å². The van der Waals surface area contributed by atoms with Gasteiger partial charge in [-0.1, -0.05) is 19.6 Å². The molecule has 0 aliphatic carbocycles. The molecule has 1 aliphatic heterocycles. The number of hydrogen-bond acceptors (Lipinski definition) is 1. The standard InChI is InChI=1S/C11H24OSi3/c1-8-15(9-2)13(5)12-11(3,4)10-14(15,6)7/h8-9,13H,1-2,10H2,3-7H3. The minimum Gasteiger partial charge on any atom is -0.419 e. The minimum atomic E-state index is -1.47. The normalized spacial score (nSPS) is 31.9. The van der Waals surface area contributed by atoms with Crippen molar-refractivity contribution in [3.05, 3.63) is 24.6 Å². The van der Waals surface area contributed by atoms with Crippen molar-refractivity contribution in [3.63, 3.8) is 0 Å². The molecule has 1 nitrogen and oxygen atoms in total. The second-order valence-electron chi connectivity index (χ2n) is 5.92. The Bertz CT molecular complexity index is 276. The van der Waals surface area contributed by atoms with Crippen molar-refractivity contribution in [2.24, 2.45) is 0 Å². The molecule has 86 valence electrons. The van der Waals surface area contributed by atoms with Crippen molar-refractivity contribution in [2.75, 3.05) is 0 Å². The molecule has 0 aromatic rings. The molecule has 0 spiro atoms. The summed E-state index contributed by atoms with van der Waals surface area (Å²) in [6.07, 6.45) is 0. The van der Waals surface area contributed by atoms with Crippen molar-refractivity contribution in [1.82, 2.24) is 0 Å². The molecule has 0 N–H and O–H groups in total. The van der Waals surface area contributed by atoms with Crippen LogP contribution in [0.25, 0.3) is 0 Å². The molecule has 1 saturated heterocycles. The average Bonchev–Trinajstić information content (AvgIpc) is 2.01. The monoisotopic (exact) mass is 256 g/mol. The third kappa shape index (κ3) is 2.00. The van der Waals surface area contributed by atoms with E-state index < -0.39 is 23.3 Å². The van der Waals surface area contributed by atoms with Crippen LogP contribution in [0.1, 0.15) is 13.8 Å². The Labute approximate surface area is 97.6 Å². The summed E-state index contributed by atoms with van der Waals surface area (Å²) in [5, 5.41) is 0. The van der Waals surface area contributed by atoms with Gasteiger partial charge in [0.1, 0.15) is 7.11 Å². The van der Waals surface area contributed by atoms with Crippen LogP contribution in [0, 0.1) is 0 Å². The van der Waals surface area contributed by atoms with Crippen LogP contribution in [0.5, 0.6) is 0 Å². The lowest BCUT2D eigenvalue weighted by Crippen LogP contribution is -2.73. The maximum Gasteiger partial charge on any atom is 0.169 e. The van der Waals surface area contributed by atoms with E-state index in [0.29, 0.717) is 0 Å². The Morgan fingerprint density at radius 2 is 1.73 bits per heavy atom. The SMILES string of the molecule is C=C[Si]1(C=C)[SiH](C)OC(C)(C)C[Si]1(C)C. The molecule has 0 bridgehead atoms. The summed E-state index contributed by atoms with van der Waals surface area (Å²) in [6.45, 7) is 20.1. The largest absolute Gasteiger partial charge is 0.419 e. The Balaban J connectivity index is 3.19. The van der Waals surface area contributed by atoms with Crippen LogP contribution < -0.4 is 0 Å². The first-order chi connectivity index (χ1) is 6.71. The second kappa shape index (κ2) is 3.84. The molecule has 1 atom stereocenters. The van der Waals surface area contributed by atoms with Crippen LogP contribution >= 0.6 is 0 Å². The van der Waals surface area contributed by atoms with Gasteiger partial charge in [-0.2, -0.15) is 0 Å². The predicted octanol–water partition coefficient (Wildman–Crippen LogP) is 2.91. The quantitative estimate of drug-likeness (QED) is 0.690. The molecule has 4 heteroatoms. The first-order valence-corrected chi connectivity index (χ1v) is 15.5. The first kappa shape index (κ1) is 13.2. The van der Waals surface area contributed by atoms with Gasteiger partial charge >= 0.3 is 0 Å². The third-order valence-corrected chi connectivity index (χ3v) is 36.9. The Kier molecular flexibility index (Phi) is 3.36. The Morgan fingerprint density at radius 1 is 1.27 bits per heavy atom. The molecule has 0 amide bonds. The summed E-state index contributed by atoms with van der Waals surface area (Å²) in [5.41, 5.74) is 4.63. The maximum atomic E-state index is 6.30. The van der Waals surface area contributed by atoms with Crippen molar-refractivity contribution < 1.29 is 4.43 Å². The van der Waals surface area contributed by atoms with E-state index >= 15 is 0 Å². The molecule has 0 radical (unpaired) electrons. The van der Waals surface area contributed by atoms with Crippen LogP contribution in [-0.4, -0.2) is 28.9 Å². The van der Waals surface area contributed by atoms with Gasteiger partial charge in [-0.15, -0.1) is 24.6 Å². The van der Waals surface area contributed by atoms with E-state index in [2.05, 4.69) is 58.0 Å². The van der Waals surface area contributed by atoms with E-state index in [1.54, 1.807) is 0 Å². The van der Waals surface area contributed by atoms with Crippen LogP contribution in [0.2, 0.25) is 25.7 Å². The van der Waals surface area contributed by atoms with Gasteiger partial charge in [0.25, 0.3) is 0 Å². The van der Waals surface area contributed by atoms with Gasteiger partial charge in [0.2, 0.25) is 0 Å². The van der Waals surface area contributed by atoms with Crippen LogP contribution in [-0.2, 0) is 4.43 Å². The van der Waals surface area contributed by atoms with Gasteiger partial charge in [0, 0.05) is 5.60 Å². The zero-order chi connectivity index (χ0) is 11.9. The van der Waals surface area contributed by atoms with Crippen molar-refractivity contribution in [1.29, 1.82) is 0 Å². The summed E-state index contributed by atoms with van der Waals surface area (Å²) >= 11 is 0. The maximum absolute atomic E-state index is 6.30. The highest BCUT2D eigenvalue weighted by molar-refractivity contribution is 7.67. The molecule has 15 heavy (non-hydrogen) atoms.